The summed E-state index contributed by atoms with van der Waals surface area (Å²) in [5, 5.41) is 4.16. The molecule has 2 heterocycles. The van der Waals surface area contributed by atoms with Gasteiger partial charge in [-0.2, -0.15) is 18.3 Å². The minimum atomic E-state index is -4.56. The van der Waals surface area contributed by atoms with Crippen molar-refractivity contribution < 1.29 is 22.7 Å². The summed E-state index contributed by atoms with van der Waals surface area (Å²) in [5.74, 6) is -1.17. The molecule has 2 atom stereocenters. The fourth-order valence-electron chi connectivity index (χ4n) is 3.55. The molecule has 0 spiro atoms. The molecule has 0 bridgehead atoms. The summed E-state index contributed by atoms with van der Waals surface area (Å²) in [5.41, 5.74) is -0.414. The van der Waals surface area contributed by atoms with Crippen molar-refractivity contribution >= 4 is 17.5 Å². The topological polar surface area (TPSA) is 56.5 Å². The van der Waals surface area contributed by atoms with Gasteiger partial charge in [0.25, 0.3) is 0 Å². The fourth-order valence-corrected chi connectivity index (χ4v) is 3.55. The van der Waals surface area contributed by atoms with Crippen LogP contribution in [0.15, 0.2) is 41.5 Å². The van der Waals surface area contributed by atoms with Crippen molar-refractivity contribution in [2.24, 2.45) is 10.9 Å². The second-order valence-electron chi connectivity index (χ2n) is 6.77. The average Bonchev–Trinajstić information content (AvgIpc) is 3.12. The zero-order chi connectivity index (χ0) is 20.5. The largest absolute Gasteiger partial charge is 0.462 e. The predicted octanol–water partition coefficient (Wildman–Crippen LogP) is 4.95. The molecule has 1 aromatic heterocycles. The van der Waals surface area contributed by atoms with Crippen molar-refractivity contribution in [2.45, 2.75) is 51.9 Å². The van der Waals surface area contributed by atoms with Crippen LogP contribution in [0.5, 0.6) is 0 Å². The summed E-state index contributed by atoms with van der Waals surface area (Å²) in [4.78, 5) is 17.4. The summed E-state index contributed by atoms with van der Waals surface area (Å²) in [6.07, 6.45) is -2.14. The maximum Gasteiger partial charge on any atom is 0.416 e. The van der Waals surface area contributed by atoms with E-state index in [2.05, 4.69) is 10.1 Å². The van der Waals surface area contributed by atoms with Crippen LogP contribution in [0.3, 0.4) is 0 Å². The normalized spacial score (nSPS) is 19.3. The maximum atomic E-state index is 13.7. The maximum absolute atomic E-state index is 13.7. The molecule has 0 saturated carbocycles. The van der Waals surface area contributed by atoms with Crippen molar-refractivity contribution in [3.05, 3.63) is 47.7 Å². The first-order valence-corrected chi connectivity index (χ1v) is 9.23. The van der Waals surface area contributed by atoms with Gasteiger partial charge in [-0.1, -0.05) is 32.0 Å². The lowest BCUT2D eigenvalue weighted by Crippen LogP contribution is -2.39. The number of carbonyl (C=O) groups is 1. The molecule has 0 saturated heterocycles. The minimum absolute atomic E-state index is 0.0271. The Kier molecular flexibility index (Phi) is 5.58. The van der Waals surface area contributed by atoms with Crippen molar-refractivity contribution in [1.29, 1.82) is 0 Å². The first-order chi connectivity index (χ1) is 13.3. The molecule has 150 valence electrons. The van der Waals surface area contributed by atoms with Gasteiger partial charge in [0.05, 0.1) is 17.8 Å². The zero-order valence-corrected chi connectivity index (χ0v) is 15.9. The molecule has 5 nitrogen and oxygen atoms in total. The number of benzene rings is 1. The molecule has 2 aromatic rings. The molecule has 28 heavy (non-hydrogen) atoms. The molecule has 0 fully saturated rings. The van der Waals surface area contributed by atoms with Crippen molar-refractivity contribution in [3.63, 3.8) is 0 Å². The summed E-state index contributed by atoms with van der Waals surface area (Å²) in [6.45, 7) is 5.43. The highest BCUT2D eigenvalue weighted by atomic mass is 19.4. The van der Waals surface area contributed by atoms with E-state index in [9.17, 15) is 18.0 Å². The number of aromatic nitrogens is 2. The molecular formula is C20H22F3N3O2. The van der Waals surface area contributed by atoms with Gasteiger partial charge in [0.15, 0.2) is 5.82 Å². The van der Waals surface area contributed by atoms with Crippen LogP contribution in [0.25, 0.3) is 0 Å². The van der Waals surface area contributed by atoms with Crippen molar-refractivity contribution in [2.75, 3.05) is 0 Å². The van der Waals surface area contributed by atoms with Crippen LogP contribution in [-0.2, 0) is 15.7 Å². The SMILES string of the molecule is CCC(CC)OC(=O)C1C(C)=Nc2ccnn2C1c1ccccc1C(F)(F)F. The minimum Gasteiger partial charge on any atom is -0.462 e. The second kappa shape index (κ2) is 7.77. The van der Waals surface area contributed by atoms with Crippen LogP contribution in [0, 0.1) is 5.92 Å². The van der Waals surface area contributed by atoms with Gasteiger partial charge in [-0.05, 0) is 31.4 Å². The quantitative estimate of drug-likeness (QED) is 0.676. The third kappa shape index (κ3) is 3.68. The molecule has 1 aliphatic rings. The molecule has 0 N–H and O–H groups in total. The lowest BCUT2D eigenvalue weighted by molar-refractivity contribution is -0.153. The summed E-state index contributed by atoms with van der Waals surface area (Å²) < 4.78 is 48.0. The van der Waals surface area contributed by atoms with Crippen molar-refractivity contribution in [3.8, 4) is 0 Å². The first kappa shape index (κ1) is 20.1. The Morgan fingerprint density at radius 1 is 1.21 bits per heavy atom. The second-order valence-corrected chi connectivity index (χ2v) is 6.77. The number of fused-ring (bicyclic) bond motifs is 1. The highest BCUT2D eigenvalue weighted by Crippen LogP contribution is 2.42. The number of hydrogen-bond acceptors (Lipinski definition) is 4. The van der Waals surface area contributed by atoms with E-state index < -0.39 is 29.7 Å². The average molecular weight is 393 g/mol. The lowest BCUT2D eigenvalue weighted by atomic mass is 9.85. The molecule has 8 heteroatoms. The van der Waals surface area contributed by atoms with E-state index in [-0.39, 0.29) is 11.7 Å². The fraction of sp³-hybridized carbons (Fsp3) is 0.450. The molecule has 1 aliphatic heterocycles. The first-order valence-electron chi connectivity index (χ1n) is 9.23. The van der Waals surface area contributed by atoms with Crippen LogP contribution in [0.4, 0.5) is 19.0 Å². The number of alkyl halides is 3. The predicted molar refractivity (Wildman–Crippen MR) is 98.5 cm³/mol. The highest BCUT2D eigenvalue weighted by molar-refractivity contribution is 6.03. The van der Waals surface area contributed by atoms with E-state index in [4.69, 9.17) is 4.74 Å². The van der Waals surface area contributed by atoms with Gasteiger partial charge in [0.1, 0.15) is 12.0 Å². The molecule has 0 aliphatic carbocycles. The van der Waals surface area contributed by atoms with Gasteiger partial charge in [0, 0.05) is 11.8 Å². The Bertz CT molecular complexity index is 885. The number of ether oxygens (including phenoxy) is 1. The Morgan fingerprint density at radius 2 is 1.89 bits per heavy atom. The zero-order valence-electron chi connectivity index (χ0n) is 15.9. The Labute approximate surface area is 161 Å². The lowest BCUT2D eigenvalue weighted by Gasteiger charge is -2.32. The smallest absolute Gasteiger partial charge is 0.416 e. The molecule has 0 amide bonds. The van der Waals surface area contributed by atoms with E-state index in [0.29, 0.717) is 24.4 Å². The number of halogens is 3. The third-order valence-electron chi connectivity index (χ3n) is 5.00. The highest BCUT2D eigenvalue weighted by Gasteiger charge is 2.44. The Hall–Kier alpha value is -2.64. The van der Waals surface area contributed by atoms with E-state index in [1.165, 1.54) is 29.1 Å². The van der Waals surface area contributed by atoms with Crippen LogP contribution >= 0.6 is 0 Å². The molecule has 3 rings (SSSR count). The van der Waals surface area contributed by atoms with Crippen molar-refractivity contribution in [1.82, 2.24) is 9.78 Å². The van der Waals surface area contributed by atoms with Gasteiger partial charge in [-0.25, -0.2) is 9.67 Å². The Balaban J connectivity index is 2.13. The molecule has 2 unspecified atom stereocenters. The number of hydrogen-bond donors (Lipinski definition) is 0. The summed E-state index contributed by atoms with van der Waals surface area (Å²) in [7, 11) is 0. The standard InChI is InChI=1S/C20H22F3N3O2/c1-4-13(5-2)28-19(27)17-12(3)25-16-10-11-24-26(16)18(17)14-8-6-7-9-15(14)20(21,22)23/h6-11,13,17-18H,4-5H2,1-3H3. The number of nitrogens with zero attached hydrogens (tertiary/aromatic N) is 3. The van der Waals surface area contributed by atoms with Crippen LogP contribution in [0.1, 0.15) is 50.8 Å². The number of aliphatic imine (C=N–C) groups is 1. The van der Waals surface area contributed by atoms with E-state index in [1.54, 1.807) is 13.0 Å². The molecular weight excluding hydrogens is 371 g/mol. The summed E-state index contributed by atoms with van der Waals surface area (Å²) >= 11 is 0. The van der Waals surface area contributed by atoms with E-state index >= 15 is 0 Å². The van der Waals surface area contributed by atoms with Gasteiger partial charge >= 0.3 is 12.1 Å². The number of esters is 1. The third-order valence-corrected chi connectivity index (χ3v) is 5.00. The van der Waals surface area contributed by atoms with Gasteiger partial charge < -0.3 is 4.74 Å². The monoisotopic (exact) mass is 393 g/mol. The van der Waals surface area contributed by atoms with Crippen LogP contribution < -0.4 is 0 Å². The van der Waals surface area contributed by atoms with E-state index in [0.717, 1.165) is 6.07 Å². The van der Waals surface area contributed by atoms with Gasteiger partial charge in [0.2, 0.25) is 0 Å². The molecule has 1 aromatic carbocycles. The number of rotatable bonds is 5. The van der Waals surface area contributed by atoms with Crippen LogP contribution in [-0.4, -0.2) is 27.6 Å². The van der Waals surface area contributed by atoms with Gasteiger partial charge in [-0.3, -0.25) is 4.79 Å². The van der Waals surface area contributed by atoms with Crippen LogP contribution in [0.2, 0.25) is 0 Å². The molecule has 0 radical (unpaired) electrons. The summed E-state index contributed by atoms with van der Waals surface area (Å²) in [6, 6.07) is 5.88. The van der Waals surface area contributed by atoms with Gasteiger partial charge in [-0.15, -0.1) is 0 Å². The number of carbonyl (C=O) groups excluding carboxylic acids is 1. The Morgan fingerprint density at radius 3 is 2.54 bits per heavy atom. The van der Waals surface area contributed by atoms with E-state index in [1.807, 2.05) is 13.8 Å².